The monoisotopic (exact) mass is 249 g/mol. The molecule has 3 heteroatoms. The first-order valence-electron chi connectivity index (χ1n) is 6.56. The molecule has 0 saturated carbocycles. The molecular formula is C15H20FNO. The number of likely N-dealkylation sites (tertiary alicyclic amines) is 1. The van der Waals surface area contributed by atoms with E-state index in [4.69, 9.17) is 0 Å². The molecule has 0 aromatic heterocycles. The van der Waals surface area contributed by atoms with Gasteiger partial charge in [0.2, 0.25) is 0 Å². The molecule has 98 valence electrons. The van der Waals surface area contributed by atoms with Gasteiger partial charge in [-0.15, -0.1) is 0 Å². The molecule has 0 N–H and O–H groups in total. The van der Waals surface area contributed by atoms with Gasteiger partial charge >= 0.3 is 0 Å². The lowest BCUT2D eigenvalue weighted by molar-refractivity contribution is 0.0569. The van der Waals surface area contributed by atoms with Crippen LogP contribution < -0.4 is 0 Å². The summed E-state index contributed by atoms with van der Waals surface area (Å²) in [6.07, 6.45) is 2.14. The van der Waals surface area contributed by atoms with Gasteiger partial charge in [0.1, 0.15) is 5.82 Å². The van der Waals surface area contributed by atoms with Crippen molar-refractivity contribution in [3.63, 3.8) is 0 Å². The van der Waals surface area contributed by atoms with Crippen molar-refractivity contribution in [3.8, 4) is 0 Å². The molecule has 1 aliphatic rings. The van der Waals surface area contributed by atoms with Gasteiger partial charge in [0.05, 0.1) is 5.56 Å². The Hall–Kier alpha value is -1.38. The lowest BCUT2D eigenvalue weighted by atomic mass is 9.94. The first-order valence-corrected chi connectivity index (χ1v) is 6.56. The van der Waals surface area contributed by atoms with E-state index < -0.39 is 0 Å². The summed E-state index contributed by atoms with van der Waals surface area (Å²) in [6.45, 7) is 6.60. The van der Waals surface area contributed by atoms with Crippen LogP contribution >= 0.6 is 0 Å². The van der Waals surface area contributed by atoms with Gasteiger partial charge < -0.3 is 4.90 Å². The zero-order chi connectivity index (χ0) is 13.3. The van der Waals surface area contributed by atoms with E-state index in [0.29, 0.717) is 11.5 Å². The van der Waals surface area contributed by atoms with Crippen molar-refractivity contribution in [2.75, 3.05) is 6.54 Å². The highest BCUT2D eigenvalue weighted by atomic mass is 19.1. The number of carbonyl (C=O) groups excluding carboxylic acids is 1. The number of benzene rings is 1. The molecule has 1 heterocycles. The van der Waals surface area contributed by atoms with E-state index in [1.165, 1.54) is 0 Å². The summed E-state index contributed by atoms with van der Waals surface area (Å²) in [4.78, 5) is 14.2. The number of aryl methyl sites for hydroxylation is 1. The minimum absolute atomic E-state index is 0.171. The fourth-order valence-corrected chi connectivity index (χ4v) is 2.54. The van der Waals surface area contributed by atoms with Crippen LogP contribution in [0.25, 0.3) is 0 Å². The standard InChI is InChI=1S/C15H20FNO/c1-10-7-8-12(3)17(9-10)15(18)13-6-4-5-11(2)14(13)16/h4-6,10,12H,7-9H2,1-3H3. The molecule has 0 spiro atoms. The average Bonchev–Trinajstić information content (AvgIpc) is 2.35. The topological polar surface area (TPSA) is 20.3 Å². The second-order valence-corrected chi connectivity index (χ2v) is 5.43. The summed E-state index contributed by atoms with van der Waals surface area (Å²) in [7, 11) is 0. The molecule has 0 aliphatic carbocycles. The number of rotatable bonds is 1. The maximum atomic E-state index is 14.0. The third-order valence-corrected chi connectivity index (χ3v) is 3.80. The predicted molar refractivity (Wildman–Crippen MR) is 70.0 cm³/mol. The van der Waals surface area contributed by atoms with E-state index >= 15 is 0 Å². The predicted octanol–water partition coefficient (Wildman–Crippen LogP) is 3.39. The Kier molecular flexibility index (Phi) is 3.69. The molecule has 2 nitrogen and oxygen atoms in total. The largest absolute Gasteiger partial charge is 0.336 e. The van der Waals surface area contributed by atoms with Crippen LogP contribution in [-0.2, 0) is 0 Å². The van der Waals surface area contributed by atoms with E-state index in [1.54, 1.807) is 25.1 Å². The molecule has 1 saturated heterocycles. The number of hydrogen-bond donors (Lipinski definition) is 0. The molecule has 1 aliphatic heterocycles. The number of carbonyl (C=O) groups is 1. The summed E-state index contributed by atoms with van der Waals surface area (Å²) in [5.41, 5.74) is 0.731. The Morgan fingerprint density at radius 1 is 1.33 bits per heavy atom. The SMILES string of the molecule is Cc1cccc(C(=O)N2CC(C)CCC2C)c1F. The van der Waals surface area contributed by atoms with Crippen LogP contribution in [0.2, 0.25) is 0 Å². The van der Waals surface area contributed by atoms with Crippen molar-refractivity contribution in [3.05, 3.63) is 35.1 Å². The molecule has 1 amide bonds. The van der Waals surface area contributed by atoms with E-state index in [0.717, 1.165) is 19.4 Å². The second kappa shape index (κ2) is 5.09. The molecule has 2 rings (SSSR count). The first kappa shape index (κ1) is 13.1. The molecule has 1 fully saturated rings. The maximum Gasteiger partial charge on any atom is 0.257 e. The fourth-order valence-electron chi connectivity index (χ4n) is 2.54. The molecule has 1 aromatic carbocycles. The van der Waals surface area contributed by atoms with Crippen molar-refractivity contribution in [2.45, 2.75) is 39.7 Å². The maximum absolute atomic E-state index is 14.0. The van der Waals surface area contributed by atoms with Crippen LogP contribution in [0.1, 0.15) is 42.6 Å². The Bertz CT molecular complexity index is 458. The summed E-state index contributed by atoms with van der Waals surface area (Å²) in [5, 5.41) is 0. The number of piperidine rings is 1. The Morgan fingerprint density at radius 3 is 2.78 bits per heavy atom. The second-order valence-electron chi connectivity index (χ2n) is 5.43. The summed E-state index contributed by atoms with van der Waals surface area (Å²) in [5.74, 6) is -0.0544. The van der Waals surface area contributed by atoms with E-state index in [2.05, 4.69) is 6.92 Å². The van der Waals surface area contributed by atoms with Gasteiger partial charge in [-0.3, -0.25) is 4.79 Å². The van der Waals surface area contributed by atoms with Gasteiger partial charge in [-0.1, -0.05) is 19.1 Å². The van der Waals surface area contributed by atoms with Gasteiger partial charge in [0.25, 0.3) is 5.91 Å². The minimum Gasteiger partial charge on any atom is -0.336 e. The zero-order valence-corrected chi connectivity index (χ0v) is 11.2. The van der Waals surface area contributed by atoms with Crippen LogP contribution in [0, 0.1) is 18.7 Å². The fraction of sp³-hybridized carbons (Fsp3) is 0.533. The zero-order valence-electron chi connectivity index (χ0n) is 11.2. The summed E-state index contributed by atoms with van der Waals surface area (Å²) in [6, 6.07) is 5.21. The van der Waals surface area contributed by atoms with Crippen LogP contribution in [-0.4, -0.2) is 23.4 Å². The van der Waals surface area contributed by atoms with Crippen molar-refractivity contribution in [2.24, 2.45) is 5.92 Å². The third kappa shape index (κ3) is 2.40. The molecule has 1 aromatic rings. The van der Waals surface area contributed by atoms with Crippen LogP contribution in [0.15, 0.2) is 18.2 Å². The van der Waals surface area contributed by atoms with E-state index in [1.807, 2.05) is 11.8 Å². The van der Waals surface area contributed by atoms with Gasteiger partial charge in [0, 0.05) is 12.6 Å². The highest BCUT2D eigenvalue weighted by Crippen LogP contribution is 2.24. The van der Waals surface area contributed by atoms with Crippen LogP contribution in [0.3, 0.4) is 0 Å². The van der Waals surface area contributed by atoms with Crippen LogP contribution in [0.5, 0.6) is 0 Å². The highest BCUT2D eigenvalue weighted by molar-refractivity contribution is 5.95. The van der Waals surface area contributed by atoms with E-state index in [-0.39, 0.29) is 23.3 Å². The van der Waals surface area contributed by atoms with Crippen molar-refractivity contribution in [1.29, 1.82) is 0 Å². The lowest BCUT2D eigenvalue weighted by Gasteiger charge is -2.37. The minimum atomic E-state index is -0.382. The normalized spacial score (nSPS) is 24.1. The van der Waals surface area contributed by atoms with Gasteiger partial charge in [-0.05, 0) is 44.2 Å². The van der Waals surface area contributed by atoms with Crippen molar-refractivity contribution < 1.29 is 9.18 Å². The first-order chi connectivity index (χ1) is 8.50. The Morgan fingerprint density at radius 2 is 2.06 bits per heavy atom. The molecular weight excluding hydrogens is 229 g/mol. The Labute approximate surface area is 108 Å². The van der Waals surface area contributed by atoms with E-state index in [9.17, 15) is 9.18 Å². The smallest absolute Gasteiger partial charge is 0.257 e. The lowest BCUT2D eigenvalue weighted by Crippen LogP contribution is -2.45. The number of nitrogens with zero attached hydrogens (tertiary/aromatic N) is 1. The highest BCUT2D eigenvalue weighted by Gasteiger charge is 2.29. The Balaban J connectivity index is 2.27. The van der Waals surface area contributed by atoms with Gasteiger partial charge in [-0.2, -0.15) is 0 Å². The molecule has 0 bridgehead atoms. The summed E-state index contributed by atoms with van der Waals surface area (Å²) < 4.78 is 14.0. The number of amides is 1. The van der Waals surface area contributed by atoms with Crippen molar-refractivity contribution in [1.82, 2.24) is 4.90 Å². The van der Waals surface area contributed by atoms with Crippen molar-refractivity contribution >= 4 is 5.91 Å². The summed E-state index contributed by atoms with van der Waals surface area (Å²) >= 11 is 0. The molecule has 2 unspecified atom stereocenters. The number of hydrogen-bond acceptors (Lipinski definition) is 1. The number of halogens is 1. The third-order valence-electron chi connectivity index (χ3n) is 3.80. The quantitative estimate of drug-likeness (QED) is 0.747. The van der Waals surface area contributed by atoms with Gasteiger partial charge in [-0.25, -0.2) is 4.39 Å². The van der Waals surface area contributed by atoms with Gasteiger partial charge in [0.15, 0.2) is 0 Å². The molecule has 0 radical (unpaired) electrons. The molecule has 18 heavy (non-hydrogen) atoms. The molecule has 2 atom stereocenters. The average molecular weight is 249 g/mol. The van der Waals surface area contributed by atoms with Crippen LogP contribution in [0.4, 0.5) is 4.39 Å².